The maximum atomic E-state index is 16.0. The van der Waals surface area contributed by atoms with Crippen LogP contribution in [-0.2, 0) is 6.18 Å². The van der Waals surface area contributed by atoms with Gasteiger partial charge in [-0.1, -0.05) is 11.6 Å². The van der Waals surface area contributed by atoms with E-state index in [9.17, 15) is 17.6 Å². The van der Waals surface area contributed by atoms with Crippen LogP contribution in [0.4, 0.5) is 33.5 Å². The number of nitrogens with one attached hydrogen (secondary N) is 1. The lowest BCUT2D eigenvalue weighted by atomic mass is 9.95. The molecule has 0 bridgehead atoms. The van der Waals surface area contributed by atoms with E-state index < -0.39 is 45.5 Å². The second-order valence-corrected chi connectivity index (χ2v) is 10.7. The van der Waals surface area contributed by atoms with Gasteiger partial charge in [-0.2, -0.15) is 23.1 Å². The second kappa shape index (κ2) is 9.04. The van der Waals surface area contributed by atoms with Crippen LogP contribution >= 0.6 is 11.6 Å². The third kappa shape index (κ3) is 4.47. The maximum absolute atomic E-state index is 16.0. The lowest BCUT2D eigenvalue weighted by molar-refractivity contribution is -0.137. The van der Waals surface area contributed by atoms with Crippen molar-refractivity contribution < 1.29 is 26.7 Å². The van der Waals surface area contributed by atoms with Gasteiger partial charge < -0.3 is 15.8 Å². The van der Waals surface area contributed by atoms with E-state index in [0.29, 0.717) is 13.0 Å². The number of ether oxygens (including phenoxy) is 1. The molecule has 3 N–H and O–H groups in total. The Balaban J connectivity index is 1.44. The highest BCUT2D eigenvalue weighted by molar-refractivity contribution is 6.32. The molecule has 3 aliphatic rings. The Kier molecular flexibility index (Phi) is 6.02. The highest BCUT2D eigenvalue weighted by Crippen LogP contribution is 2.44. The van der Waals surface area contributed by atoms with Crippen molar-refractivity contribution in [1.82, 2.24) is 19.9 Å². The normalized spacial score (nSPS) is 23.7. The first-order valence-corrected chi connectivity index (χ1v) is 12.7. The molecule has 13 heteroatoms. The number of nitrogens with zero attached hydrogens (tertiary/aromatic N) is 4. The maximum Gasteiger partial charge on any atom is 0.418 e. The third-order valence-corrected chi connectivity index (χ3v) is 7.76. The van der Waals surface area contributed by atoms with E-state index in [1.54, 1.807) is 0 Å². The summed E-state index contributed by atoms with van der Waals surface area (Å²) in [4.78, 5) is 14.7. The summed E-state index contributed by atoms with van der Waals surface area (Å²) in [6, 6.07) is 1.91. The molecule has 3 fully saturated rings. The molecular weight excluding hydrogens is 531 g/mol. The van der Waals surface area contributed by atoms with E-state index in [1.807, 2.05) is 0 Å². The van der Waals surface area contributed by atoms with Gasteiger partial charge in [0, 0.05) is 36.5 Å². The molecule has 7 nitrogen and oxygen atoms in total. The molecular formula is C25H24ClF5N6O. The number of fused-ring (bicyclic) bond motifs is 2. The molecule has 4 heterocycles. The fraction of sp³-hybridized carbons (Fsp3) is 0.480. The zero-order valence-corrected chi connectivity index (χ0v) is 20.8. The van der Waals surface area contributed by atoms with Crippen LogP contribution in [0.2, 0.25) is 5.02 Å². The summed E-state index contributed by atoms with van der Waals surface area (Å²) in [6.07, 6.45) is -0.838. The molecule has 1 aromatic carbocycles. The topological polar surface area (TPSA) is 89.2 Å². The molecule has 2 aliphatic heterocycles. The predicted molar refractivity (Wildman–Crippen MR) is 132 cm³/mol. The van der Waals surface area contributed by atoms with Crippen LogP contribution in [0.1, 0.15) is 37.7 Å². The summed E-state index contributed by atoms with van der Waals surface area (Å²) in [5.74, 6) is -0.825. The molecule has 2 aromatic heterocycles. The van der Waals surface area contributed by atoms with Gasteiger partial charge in [0.2, 0.25) is 0 Å². The predicted octanol–water partition coefficient (Wildman–Crippen LogP) is 5.61. The number of anilines is 2. The van der Waals surface area contributed by atoms with Gasteiger partial charge in [-0.05, 0) is 44.4 Å². The Hall–Kier alpha value is -2.99. The van der Waals surface area contributed by atoms with E-state index in [2.05, 4.69) is 25.2 Å². The number of aromatic nitrogens is 3. The van der Waals surface area contributed by atoms with Crippen LogP contribution in [0.15, 0.2) is 18.3 Å². The fourth-order valence-corrected chi connectivity index (χ4v) is 5.90. The van der Waals surface area contributed by atoms with Gasteiger partial charge in [-0.3, -0.25) is 9.88 Å². The zero-order chi connectivity index (χ0) is 26.8. The van der Waals surface area contributed by atoms with Crippen LogP contribution in [0.3, 0.4) is 0 Å². The molecule has 2 atom stereocenters. The quantitative estimate of drug-likeness (QED) is 0.302. The first kappa shape index (κ1) is 25.3. The SMILES string of the molecule is Nc1cc(Cl)c(C(F)(F)F)c(-c2ncc3c(NC4CC4)nc(OC[C@@]45CCCN4C[C@H](F)C5)nc3c2F)c1. The summed E-state index contributed by atoms with van der Waals surface area (Å²) in [5.41, 5.74) is 2.48. The number of nitrogens with two attached hydrogens (primary N) is 1. The summed E-state index contributed by atoms with van der Waals surface area (Å²) < 4.78 is 77.7. The van der Waals surface area contributed by atoms with E-state index in [1.165, 1.54) is 6.20 Å². The zero-order valence-electron chi connectivity index (χ0n) is 20.1. The van der Waals surface area contributed by atoms with Crippen molar-refractivity contribution in [1.29, 1.82) is 0 Å². The Morgan fingerprint density at radius 2 is 2.03 bits per heavy atom. The van der Waals surface area contributed by atoms with E-state index in [-0.39, 0.29) is 41.1 Å². The largest absolute Gasteiger partial charge is 0.461 e. The van der Waals surface area contributed by atoms with Gasteiger partial charge in [-0.15, -0.1) is 0 Å². The van der Waals surface area contributed by atoms with Crippen molar-refractivity contribution in [3.63, 3.8) is 0 Å². The fourth-order valence-electron chi connectivity index (χ4n) is 5.57. The Bertz CT molecular complexity index is 1420. The van der Waals surface area contributed by atoms with E-state index in [4.69, 9.17) is 22.1 Å². The Morgan fingerprint density at radius 3 is 2.76 bits per heavy atom. The van der Waals surface area contributed by atoms with Crippen molar-refractivity contribution in [2.75, 3.05) is 30.7 Å². The molecule has 202 valence electrons. The van der Waals surface area contributed by atoms with Crippen molar-refractivity contribution in [2.24, 2.45) is 0 Å². The highest BCUT2D eigenvalue weighted by Gasteiger charge is 2.49. The number of hydrogen-bond donors (Lipinski definition) is 2. The average Bonchev–Trinajstić information content (AvgIpc) is 3.47. The molecule has 6 rings (SSSR count). The number of benzene rings is 1. The van der Waals surface area contributed by atoms with E-state index in [0.717, 1.165) is 44.4 Å². The third-order valence-electron chi connectivity index (χ3n) is 7.46. The molecule has 3 aromatic rings. The molecule has 1 saturated carbocycles. The summed E-state index contributed by atoms with van der Waals surface area (Å²) in [5, 5.41) is 2.72. The molecule has 2 saturated heterocycles. The molecule has 0 spiro atoms. The van der Waals surface area contributed by atoms with Crippen LogP contribution in [0, 0.1) is 5.82 Å². The second-order valence-electron chi connectivity index (χ2n) is 10.2. The lowest BCUT2D eigenvalue weighted by Crippen LogP contribution is -2.43. The molecule has 0 unspecified atom stereocenters. The van der Waals surface area contributed by atoms with Gasteiger partial charge in [-0.25, -0.2) is 8.78 Å². The van der Waals surface area contributed by atoms with Crippen molar-refractivity contribution in [3.8, 4) is 17.3 Å². The van der Waals surface area contributed by atoms with Crippen LogP contribution < -0.4 is 15.8 Å². The minimum absolute atomic E-state index is 0.0785. The summed E-state index contributed by atoms with van der Waals surface area (Å²) in [7, 11) is 0. The highest BCUT2D eigenvalue weighted by atomic mass is 35.5. The van der Waals surface area contributed by atoms with Gasteiger partial charge in [0.25, 0.3) is 0 Å². The summed E-state index contributed by atoms with van der Waals surface area (Å²) in [6.45, 7) is 1.22. The average molecular weight is 555 g/mol. The minimum atomic E-state index is -4.89. The van der Waals surface area contributed by atoms with Gasteiger partial charge in [0.15, 0.2) is 5.82 Å². The number of halogens is 6. The van der Waals surface area contributed by atoms with Crippen molar-refractivity contribution >= 4 is 34.0 Å². The Morgan fingerprint density at radius 1 is 1.24 bits per heavy atom. The number of alkyl halides is 4. The number of nitrogen functional groups attached to an aromatic ring is 1. The van der Waals surface area contributed by atoms with Gasteiger partial charge in [0.1, 0.15) is 29.8 Å². The lowest BCUT2D eigenvalue weighted by Gasteiger charge is -2.30. The molecule has 38 heavy (non-hydrogen) atoms. The molecule has 1 aliphatic carbocycles. The smallest absolute Gasteiger partial charge is 0.418 e. The van der Waals surface area contributed by atoms with Crippen LogP contribution in [-0.4, -0.2) is 57.3 Å². The number of rotatable bonds is 6. The number of pyridine rings is 1. The Labute approximate surface area is 219 Å². The van der Waals surface area contributed by atoms with Crippen LogP contribution in [0.5, 0.6) is 6.01 Å². The van der Waals surface area contributed by atoms with Crippen molar-refractivity contribution in [2.45, 2.75) is 56.0 Å². The monoisotopic (exact) mass is 554 g/mol. The molecule has 0 radical (unpaired) electrons. The van der Waals surface area contributed by atoms with Crippen molar-refractivity contribution in [3.05, 3.63) is 34.7 Å². The van der Waals surface area contributed by atoms with Gasteiger partial charge in [0.05, 0.1) is 21.5 Å². The first-order valence-electron chi connectivity index (χ1n) is 12.4. The standard InChI is InChI=1S/C25H24ClF5N6O/c26-17-7-13(32)6-15(18(17)25(29,30)31)20-19(28)21-16(9-33-20)22(34-14-2-3-14)36-23(35-21)38-11-24-4-1-5-37(24)10-12(27)8-24/h6-7,9,12,14H,1-5,8,10-11,32H2,(H,34,35,36)/t12-,24+/m1/s1. The molecule has 0 amide bonds. The number of hydrogen-bond acceptors (Lipinski definition) is 7. The van der Waals surface area contributed by atoms with Crippen LogP contribution in [0.25, 0.3) is 22.2 Å². The van der Waals surface area contributed by atoms with Gasteiger partial charge >= 0.3 is 12.2 Å². The van der Waals surface area contributed by atoms with E-state index >= 15 is 4.39 Å². The first-order chi connectivity index (χ1) is 18.0. The summed E-state index contributed by atoms with van der Waals surface area (Å²) >= 11 is 5.88. The minimum Gasteiger partial charge on any atom is -0.461 e.